The number of carbonyl (C=O) groups excluding carboxylic acids is 1. The van der Waals surface area contributed by atoms with Crippen molar-refractivity contribution in [3.8, 4) is 0 Å². The van der Waals surface area contributed by atoms with E-state index in [9.17, 15) is 4.79 Å². The molecule has 0 heterocycles. The van der Waals surface area contributed by atoms with Crippen molar-refractivity contribution in [2.45, 2.75) is 57.4 Å². The summed E-state index contributed by atoms with van der Waals surface area (Å²) in [6, 6.07) is 0.573. The highest BCUT2D eigenvalue weighted by atomic mass is 79.9. The fourth-order valence-electron chi connectivity index (χ4n) is 5.24. The topological polar surface area (TPSA) is 20.3 Å². The molecule has 4 rings (SSSR count). The first-order valence-electron chi connectivity index (χ1n) is 8.00. The quantitative estimate of drug-likeness (QED) is 0.555. The van der Waals surface area contributed by atoms with Crippen molar-refractivity contribution >= 4 is 21.8 Å². The Balaban J connectivity index is 1.60. The van der Waals surface area contributed by atoms with E-state index in [2.05, 4.69) is 27.9 Å². The molecule has 0 aromatic rings. The van der Waals surface area contributed by atoms with E-state index >= 15 is 0 Å². The molecule has 0 aromatic carbocycles. The molecule has 3 heteroatoms. The summed E-state index contributed by atoms with van der Waals surface area (Å²) in [6.07, 6.45) is 9.97. The third kappa shape index (κ3) is 2.72. The fourth-order valence-corrected chi connectivity index (χ4v) is 5.64. The van der Waals surface area contributed by atoms with Gasteiger partial charge in [0.1, 0.15) is 0 Å². The van der Waals surface area contributed by atoms with Crippen LogP contribution in [0.2, 0.25) is 0 Å². The third-order valence-corrected chi connectivity index (χ3v) is 6.35. The number of halogens is 1. The fraction of sp³-hybridized carbons (Fsp3) is 0.938. The van der Waals surface area contributed by atoms with Crippen LogP contribution in [-0.2, 0) is 4.79 Å². The minimum absolute atomic E-state index is 0.387. The van der Waals surface area contributed by atoms with Gasteiger partial charge < -0.3 is 4.90 Å². The predicted molar refractivity (Wildman–Crippen MR) is 81.2 cm³/mol. The van der Waals surface area contributed by atoms with Crippen molar-refractivity contribution < 1.29 is 4.79 Å². The smallest absolute Gasteiger partial charge is 0.222 e. The average Bonchev–Trinajstić information content (AvgIpc) is 2.37. The molecular formula is C16H26BrNO. The van der Waals surface area contributed by atoms with Crippen LogP contribution in [0.5, 0.6) is 0 Å². The standard InChI is InChI=1S/C16H26BrNO/c1-18(15(19)4-2-3-5-17)16-13-7-11-6-12(9-13)10-14(16)8-11/h11-14,16H,2-10H2,1H3. The van der Waals surface area contributed by atoms with Crippen LogP contribution in [0, 0.1) is 23.7 Å². The van der Waals surface area contributed by atoms with Gasteiger partial charge in [-0.2, -0.15) is 0 Å². The molecule has 0 aliphatic heterocycles. The van der Waals surface area contributed by atoms with Gasteiger partial charge in [0, 0.05) is 24.8 Å². The number of rotatable bonds is 5. The maximum absolute atomic E-state index is 12.4. The molecule has 108 valence electrons. The summed E-state index contributed by atoms with van der Waals surface area (Å²) >= 11 is 3.44. The van der Waals surface area contributed by atoms with E-state index in [0.29, 0.717) is 11.9 Å². The zero-order chi connectivity index (χ0) is 13.4. The Labute approximate surface area is 125 Å². The van der Waals surface area contributed by atoms with E-state index in [1.807, 2.05) is 0 Å². The summed E-state index contributed by atoms with van der Waals surface area (Å²) in [6.45, 7) is 0. The van der Waals surface area contributed by atoms with Gasteiger partial charge in [0.05, 0.1) is 0 Å². The van der Waals surface area contributed by atoms with Crippen molar-refractivity contribution in [3.05, 3.63) is 0 Å². The minimum Gasteiger partial charge on any atom is -0.342 e. The molecule has 0 N–H and O–H groups in total. The Morgan fingerprint density at radius 2 is 1.63 bits per heavy atom. The van der Waals surface area contributed by atoms with Crippen LogP contribution in [0.4, 0.5) is 0 Å². The van der Waals surface area contributed by atoms with Gasteiger partial charge in [-0.3, -0.25) is 4.79 Å². The van der Waals surface area contributed by atoms with E-state index in [1.54, 1.807) is 0 Å². The molecule has 4 aliphatic carbocycles. The Bertz CT molecular complexity index is 316. The zero-order valence-electron chi connectivity index (χ0n) is 12.0. The average molecular weight is 328 g/mol. The molecular weight excluding hydrogens is 302 g/mol. The summed E-state index contributed by atoms with van der Waals surface area (Å²) in [5.41, 5.74) is 0. The molecule has 4 bridgehead atoms. The van der Waals surface area contributed by atoms with Gasteiger partial charge in [0.2, 0.25) is 5.91 Å². The Hall–Kier alpha value is -0.0500. The summed E-state index contributed by atoms with van der Waals surface area (Å²) in [7, 11) is 2.07. The molecule has 4 saturated carbocycles. The summed E-state index contributed by atoms with van der Waals surface area (Å²) in [4.78, 5) is 14.5. The molecule has 1 amide bonds. The normalized spacial score (nSPS) is 39.6. The highest BCUT2D eigenvalue weighted by Crippen LogP contribution is 2.54. The maximum Gasteiger partial charge on any atom is 0.222 e. The van der Waals surface area contributed by atoms with Gasteiger partial charge in [-0.15, -0.1) is 0 Å². The molecule has 0 aromatic heterocycles. The predicted octanol–water partition coefficient (Wildman–Crippen LogP) is 3.83. The number of hydrogen-bond donors (Lipinski definition) is 0. The van der Waals surface area contributed by atoms with E-state index in [4.69, 9.17) is 0 Å². The highest BCUT2D eigenvalue weighted by Gasteiger charge is 2.50. The lowest BCUT2D eigenvalue weighted by Crippen LogP contribution is -2.56. The first kappa shape index (κ1) is 13.9. The van der Waals surface area contributed by atoms with Crippen molar-refractivity contribution in [2.75, 3.05) is 12.4 Å². The van der Waals surface area contributed by atoms with Crippen molar-refractivity contribution in [2.24, 2.45) is 23.7 Å². The number of alkyl halides is 1. The Morgan fingerprint density at radius 1 is 1.05 bits per heavy atom. The molecule has 4 aliphatic rings. The monoisotopic (exact) mass is 327 g/mol. The van der Waals surface area contributed by atoms with Gasteiger partial charge in [-0.05, 0) is 68.6 Å². The molecule has 0 unspecified atom stereocenters. The molecule has 0 atom stereocenters. The summed E-state index contributed by atoms with van der Waals surface area (Å²) < 4.78 is 0. The maximum atomic E-state index is 12.4. The van der Waals surface area contributed by atoms with Gasteiger partial charge in [-0.1, -0.05) is 15.9 Å². The first-order chi connectivity index (χ1) is 9.19. The number of hydrogen-bond acceptors (Lipinski definition) is 1. The van der Waals surface area contributed by atoms with Gasteiger partial charge in [0.15, 0.2) is 0 Å². The van der Waals surface area contributed by atoms with Crippen LogP contribution in [-0.4, -0.2) is 29.2 Å². The molecule has 19 heavy (non-hydrogen) atoms. The SMILES string of the molecule is CN(C(=O)CCCCBr)C1C2CC3CC(C2)CC1C3. The number of unbranched alkanes of at least 4 members (excludes halogenated alkanes) is 1. The van der Waals surface area contributed by atoms with Crippen LogP contribution in [0.3, 0.4) is 0 Å². The van der Waals surface area contributed by atoms with Gasteiger partial charge >= 0.3 is 0 Å². The zero-order valence-corrected chi connectivity index (χ0v) is 13.6. The molecule has 0 saturated heterocycles. The van der Waals surface area contributed by atoms with Crippen LogP contribution in [0.15, 0.2) is 0 Å². The van der Waals surface area contributed by atoms with Crippen molar-refractivity contribution in [1.29, 1.82) is 0 Å². The Kier molecular flexibility index (Phi) is 4.21. The van der Waals surface area contributed by atoms with Gasteiger partial charge in [-0.25, -0.2) is 0 Å². The number of nitrogens with zero attached hydrogens (tertiary/aromatic N) is 1. The number of carbonyl (C=O) groups is 1. The molecule has 0 spiro atoms. The van der Waals surface area contributed by atoms with Crippen LogP contribution in [0.1, 0.15) is 51.4 Å². The lowest BCUT2D eigenvalue weighted by Gasteiger charge is -2.56. The molecule has 0 radical (unpaired) electrons. The molecule has 2 nitrogen and oxygen atoms in total. The van der Waals surface area contributed by atoms with E-state index in [1.165, 1.54) is 32.1 Å². The third-order valence-electron chi connectivity index (χ3n) is 5.79. The van der Waals surface area contributed by atoms with Crippen molar-refractivity contribution in [1.82, 2.24) is 4.90 Å². The van der Waals surface area contributed by atoms with E-state index < -0.39 is 0 Å². The lowest BCUT2D eigenvalue weighted by molar-refractivity contribution is -0.141. The molecule has 4 fully saturated rings. The van der Waals surface area contributed by atoms with Gasteiger partial charge in [0.25, 0.3) is 0 Å². The summed E-state index contributed by atoms with van der Waals surface area (Å²) in [5, 5.41) is 1.02. The van der Waals surface area contributed by atoms with E-state index in [0.717, 1.165) is 48.3 Å². The van der Waals surface area contributed by atoms with Crippen LogP contribution in [0.25, 0.3) is 0 Å². The largest absolute Gasteiger partial charge is 0.342 e. The second-order valence-corrected chi connectivity index (χ2v) is 7.87. The lowest BCUT2D eigenvalue weighted by atomic mass is 9.54. The van der Waals surface area contributed by atoms with Crippen LogP contribution >= 0.6 is 15.9 Å². The highest BCUT2D eigenvalue weighted by molar-refractivity contribution is 9.09. The van der Waals surface area contributed by atoms with Crippen molar-refractivity contribution in [3.63, 3.8) is 0 Å². The van der Waals surface area contributed by atoms with E-state index in [-0.39, 0.29) is 0 Å². The number of amides is 1. The van der Waals surface area contributed by atoms with Crippen LogP contribution < -0.4 is 0 Å². The first-order valence-corrected chi connectivity index (χ1v) is 9.12. The summed E-state index contributed by atoms with van der Waals surface area (Å²) in [5.74, 6) is 4.02. The second kappa shape index (κ2) is 5.75. The second-order valence-electron chi connectivity index (χ2n) is 7.07. The Morgan fingerprint density at radius 3 is 2.16 bits per heavy atom. The minimum atomic E-state index is 0.387.